The zero-order chi connectivity index (χ0) is 32.3. The fraction of sp³-hybridized carbons (Fsp3) is 0. The molecule has 0 aliphatic rings. The van der Waals surface area contributed by atoms with Gasteiger partial charge in [0.25, 0.3) is 0 Å². The molecule has 8 aromatic carbocycles. The summed E-state index contributed by atoms with van der Waals surface area (Å²) in [6.45, 7) is 0. The van der Waals surface area contributed by atoms with Gasteiger partial charge in [-0.25, -0.2) is 15.0 Å². The lowest BCUT2D eigenvalue weighted by molar-refractivity contribution is 0.669. The third kappa shape index (κ3) is 4.49. The maximum atomic E-state index is 6.46. The molecule has 10 rings (SSSR count). The summed E-state index contributed by atoms with van der Waals surface area (Å²) in [6, 6.07) is 56.9. The van der Waals surface area contributed by atoms with Gasteiger partial charge in [0.05, 0.1) is 0 Å². The first-order valence-electron chi connectivity index (χ1n) is 16.4. The molecular weight excluding hydrogens is 599 g/mol. The third-order valence-corrected chi connectivity index (χ3v) is 9.51. The molecule has 0 N–H and O–H groups in total. The van der Waals surface area contributed by atoms with Gasteiger partial charge in [0, 0.05) is 27.5 Å². The molecule has 0 spiro atoms. The van der Waals surface area contributed by atoms with Gasteiger partial charge in [-0.05, 0) is 67.7 Å². The quantitative estimate of drug-likeness (QED) is 0.183. The van der Waals surface area contributed by atoms with Gasteiger partial charge in [-0.15, -0.1) is 0 Å². The summed E-state index contributed by atoms with van der Waals surface area (Å²) in [4.78, 5) is 15.2. The molecular formula is C45H27N3O. The Morgan fingerprint density at radius 3 is 1.43 bits per heavy atom. The molecule has 0 radical (unpaired) electrons. The van der Waals surface area contributed by atoms with Gasteiger partial charge in [0.15, 0.2) is 17.5 Å². The van der Waals surface area contributed by atoms with Crippen LogP contribution in [0.25, 0.3) is 99.5 Å². The van der Waals surface area contributed by atoms with Crippen LogP contribution < -0.4 is 0 Å². The SMILES string of the molecule is c1ccc(-c2nc(-c3ccc4c(c3)oc3cccc(-c5ccccc5)c34)nc(-c3ccc4c5ccccc5c5ccccc5c4c3)n2)cc1. The minimum absolute atomic E-state index is 0.595. The van der Waals surface area contributed by atoms with E-state index in [1.807, 2.05) is 48.5 Å². The van der Waals surface area contributed by atoms with Gasteiger partial charge in [-0.3, -0.25) is 0 Å². The lowest BCUT2D eigenvalue weighted by atomic mass is 9.93. The Kier molecular flexibility index (Phi) is 6.15. The minimum Gasteiger partial charge on any atom is -0.456 e. The largest absolute Gasteiger partial charge is 0.456 e. The average Bonchev–Trinajstić information content (AvgIpc) is 3.57. The topological polar surface area (TPSA) is 51.8 Å². The van der Waals surface area contributed by atoms with Gasteiger partial charge in [0.2, 0.25) is 0 Å². The summed E-state index contributed by atoms with van der Waals surface area (Å²) >= 11 is 0. The lowest BCUT2D eigenvalue weighted by Gasteiger charge is -2.12. The monoisotopic (exact) mass is 625 g/mol. The molecule has 4 nitrogen and oxygen atoms in total. The molecule has 0 fully saturated rings. The number of hydrogen-bond donors (Lipinski definition) is 0. The van der Waals surface area contributed by atoms with Crippen LogP contribution in [0.3, 0.4) is 0 Å². The van der Waals surface area contributed by atoms with Crippen LogP contribution in [0.4, 0.5) is 0 Å². The van der Waals surface area contributed by atoms with Gasteiger partial charge in [-0.1, -0.05) is 140 Å². The van der Waals surface area contributed by atoms with Crippen LogP contribution in [-0.2, 0) is 0 Å². The average molecular weight is 626 g/mol. The molecule has 2 aromatic heterocycles. The molecule has 0 unspecified atom stereocenters. The van der Waals surface area contributed by atoms with E-state index < -0.39 is 0 Å². The summed E-state index contributed by atoms with van der Waals surface area (Å²) in [5, 5.41) is 9.48. The van der Waals surface area contributed by atoms with E-state index in [4.69, 9.17) is 19.4 Å². The van der Waals surface area contributed by atoms with Crippen molar-refractivity contribution >= 4 is 54.3 Å². The van der Waals surface area contributed by atoms with Crippen LogP contribution >= 0.6 is 0 Å². The van der Waals surface area contributed by atoms with Crippen molar-refractivity contribution in [2.24, 2.45) is 0 Å². The first-order chi connectivity index (χ1) is 24.3. The normalized spacial score (nSPS) is 11.7. The Hall–Kier alpha value is -6.65. The van der Waals surface area contributed by atoms with Crippen LogP contribution in [0.2, 0.25) is 0 Å². The van der Waals surface area contributed by atoms with Crippen LogP contribution in [0.1, 0.15) is 0 Å². The van der Waals surface area contributed by atoms with Crippen molar-refractivity contribution in [3.63, 3.8) is 0 Å². The fourth-order valence-corrected chi connectivity index (χ4v) is 7.22. The molecule has 0 saturated heterocycles. The number of fused-ring (bicyclic) bond motifs is 9. The highest BCUT2D eigenvalue weighted by atomic mass is 16.3. The summed E-state index contributed by atoms with van der Waals surface area (Å²) in [5.41, 5.74) is 6.69. The van der Waals surface area contributed by atoms with Crippen molar-refractivity contribution in [3.8, 4) is 45.3 Å². The van der Waals surface area contributed by atoms with Crippen molar-refractivity contribution in [1.82, 2.24) is 15.0 Å². The van der Waals surface area contributed by atoms with Gasteiger partial charge in [0.1, 0.15) is 11.2 Å². The summed E-state index contributed by atoms with van der Waals surface area (Å²) in [6.07, 6.45) is 0. The van der Waals surface area contributed by atoms with Gasteiger partial charge >= 0.3 is 0 Å². The third-order valence-electron chi connectivity index (χ3n) is 9.51. The van der Waals surface area contributed by atoms with E-state index in [0.717, 1.165) is 49.8 Å². The number of hydrogen-bond acceptors (Lipinski definition) is 4. The second kappa shape index (κ2) is 11.0. The summed E-state index contributed by atoms with van der Waals surface area (Å²) < 4.78 is 6.46. The standard InChI is InChI=1S/C45H27N3O/c1-3-12-28(13-4-1)32-20-11-21-40-42(32)38-25-23-31(27-41(38)49-40)45-47-43(29-14-5-2-6-15-29)46-44(48-45)30-22-24-37-35-18-8-7-16-33(35)34-17-9-10-19-36(34)39(37)26-30/h1-27H. The van der Waals surface area contributed by atoms with E-state index in [9.17, 15) is 0 Å². The predicted molar refractivity (Wildman–Crippen MR) is 201 cm³/mol. The number of benzene rings is 8. The molecule has 0 aliphatic heterocycles. The van der Waals surface area contributed by atoms with Crippen molar-refractivity contribution in [2.45, 2.75) is 0 Å². The lowest BCUT2D eigenvalue weighted by Crippen LogP contribution is -2.00. The number of nitrogens with zero attached hydrogens (tertiary/aromatic N) is 3. The van der Waals surface area contributed by atoms with Crippen LogP contribution in [0, 0.1) is 0 Å². The Balaban J connectivity index is 1.17. The molecule has 0 atom stereocenters. The first-order valence-corrected chi connectivity index (χ1v) is 16.4. The molecule has 0 bridgehead atoms. The molecule has 0 saturated carbocycles. The second-order valence-electron chi connectivity index (χ2n) is 12.4. The molecule has 0 amide bonds. The van der Waals surface area contributed by atoms with E-state index in [-0.39, 0.29) is 0 Å². The number of rotatable bonds is 4. The maximum absolute atomic E-state index is 6.46. The van der Waals surface area contributed by atoms with Crippen LogP contribution in [0.5, 0.6) is 0 Å². The molecule has 228 valence electrons. The summed E-state index contributed by atoms with van der Waals surface area (Å²) in [5.74, 6) is 1.84. The first kappa shape index (κ1) is 27.5. The predicted octanol–water partition coefficient (Wildman–Crippen LogP) is 11.9. The summed E-state index contributed by atoms with van der Waals surface area (Å²) in [7, 11) is 0. The van der Waals surface area contributed by atoms with E-state index in [0.29, 0.717) is 17.5 Å². The Labute approximate surface area is 282 Å². The van der Waals surface area contributed by atoms with Crippen molar-refractivity contribution in [3.05, 3.63) is 164 Å². The minimum atomic E-state index is 0.595. The van der Waals surface area contributed by atoms with Crippen LogP contribution in [0.15, 0.2) is 168 Å². The van der Waals surface area contributed by atoms with Gasteiger partial charge in [-0.2, -0.15) is 0 Å². The van der Waals surface area contributed by atoms with E-state index in [1.54, 1.807) is 0 Å². The molecule has 4 heteroatoms. The molecule has 0 aliphatic carbocycles. The van der Waals surface area contributed by atoms with E-state index in [1.165, 1.54) is 32.3 Å². The Morgan fingerprint density at radius 2 is 0.796 bits per heavy atom. The zero-order valence-electron chi connectivity index (χ0n) is 26.3. The van der Waals surface area contributed by atoms with E-state index in [2.05, 4.69) is 115 Å². The maximum Gasteiger partial charge on any atom is 0.164 e. The van der Waals surface area contributed by atoms with Crippen molar-refractivity contribution < 1.29 is 4.42 Å². The van der Waals surface area contributed by atoms with Gasteiger partial charge < -0.3 is 4.42 Å². The highest BCUT2D eigenvalue weighted by molar-refractivity contribution is 6.25. The van der Waals surface area contributed by atoms with Crippen molar-refractivity contribution in [2.75, 3.05) is 0 Å². The molecule has 2 heterocycles. The zero-order valence-corrected chi connectivity index (χ0v) is 26.3. The Bertz CT molecular complexity index is 2840. The van der Waals surface area contributed by atoms with E-state index >= 15 is 0 Å². The van der Waals surface area contributed by atoms with Crippen LogP contribution in [-0.4, -0.2) is 15.0 Å². The highest BCUT2D eigenvalue weighted by Crippen LogP contribution is 2.39. The molecule has 10 aromatic rings. The highest BCUT2D eigenvalue weighted by Gasteiger charge is 2.17. The number of furan rings is 1. The second-order valence-corrected chi connectivity index (χ2v) is 12.4. The van der Waals surface area contributed by atoms with Crippen molar-refractivity contribution in [1.29, 1.82) is 0 Å². The smallest absolute Gasteiger partial charge is 0.164 e. The molecule has 49 heavy (non-hydrogen) atoms. The Morgan fingerprint density at radius 1 is 0.306 bits per heavy atom. The number of aromatic nitrogens is 3. The fourth-order valence-electron chi connectivity index (χ4n) is 7.22.